The van der Waals surface area contributed by atoms with Crippen LogP contribution in [0.3, 0.4) is 0 Å². The van der Waals surface area contributed by atoms with Crippen LogP contribution in [0.1, 0.15) is 46.7 Å². The van der Waals surface area contributed by atoms with Crippen molar-refractivity contribution in [2.45, 2.75) is 43.9 Å². The highest BCUT2D eigenvalue weighted by atomic mass is 16.4. The number of amides is 1. The lowest BCUT2D eigenvalue weighted by Crippen LogP contribution is -2.48. The van der Waals surface area contributed by atoms with Gasteiger partial charge in [0.1, 0.15) is 0 Å². The Morgan fingerprint density at radius 1 is 1.32 bits per heavy atom. The van der Waals surface area contributed by atoms with Gasteiger partial charge in [-0.15, -0.1) is 0 Å². The van der Waals surface area contributed by atoms with Crippen molar-refractivity contribution in [1.29, 1.82) is 0 Å². The Balaban J connectivity index is 1.89. The van der Waals surface area contributed by atoms with Gasteiger partial charge in [-0.3, -0.25) is 4.79 Å². The minimum atomic E-state index is -1.19. The van der Waals surface area contributed by atoms with Crippen LogP contribution in [-0.4, -0.2) is 55.1 Å². The lowest BCUT2D eigenvalue weighted by Gasteiger charge is -2.36. The van der Waals surface area contributed by atoms with Crippen LogP contribution in [0, 0.1) is 0 Å². The van der Waals surface area contributed by atoms with E-state index in [2.05, 4.69) is 9.97 Å². The van der Waals surface area contributed by atoms with Crippen molar-refractivity contribution in [3.63, 3.8) is 0 Å². The van der Waals surface area contributed by atoms with Crippen molar-refractivity contribution >= 4 is 11.9 Å². The number of aromatic nitrogens is 2. The average Bonchev–Trinajstić information content (AvgIpc) is 2.92. The number of nitrogens with one attached hydrogen (secondary N) is 1. The zero-order valence-electron chi connectivity index (χ0n) is 10.2. The molecule has 3 N–H and O–H groups in total. The van der Waals surface area contributed by atoms with Gasteiger partial charge in [0.25, 0.3) is 5.91 Å². The van der Waals surface area contributed by atoms with E-state index in [0.29, 0.717) is 12.8 Å². The Labute approximate surface area is 109 Å². The number of H-pyrrole nitrogens is 1. The lowest BCUT2D eigenvalue weighted by atomic mass is 9.99. The minimum Gasteiger partial charge on any atom is -0.477 e. The number of hydrogen-bond acceptors (Lipinski definition) is 4. The summed E-state index contributed by atoms with van der Waals surface area (Å²) in [6, 6.07) is -0.000750. The average molecular weight is 265 g/mol. The molecule has 0 spiro atoms. The highest BCUT2D eigenvalue weighted by Crippen LogP contribution is 2.36. The van der Waals surface area contributed by atoms with E-state index in [1.54, 1.807) is 4.90 Å². The van der Waals surface area contributed by atoms with Gasteiger partial charge in [-0.25, -0.2) is 9.78 Å². The number of aromatic amines is 1. The molecule has 3 heterocycles. The van der Waals surface area contributed by atoms with Gasteiger partial charge in [0.05, 0.1) is 12.4 Å². The second kappa shape index (κ2) is 4.34. The molecule has 3 rings (SSSR count). The van der Waals surface area contributed by atoms with Crippen molar-refractivity contribution in [3.05, 3.63) is 17.7 Å². The smallest absolute Gasteiger partial charge is 0.354 e. The van der Waals surface area contributed by atoms with Crippen LogP contribution in [0.25, 0.3) is 0 Å². The standard InChI is InChI=1S/C12H15N3O4/c16-8-3-6-1-2-7(4-8)15(6)11(17)9-10(12(18)19)14-5-13-9/h5-8,16H,1-4H2,(H,13,14)(H,18,19). The maximum Gasteiger partial charge on any atom is 0.354 e. The third-order valence-corrected chi connectivity index (χ3v) is 4.00. The van der Waals surface area contributed by atoms with E-state index >= 15 is 0 Å². The largest absolute Gasteiger partial charge is 0.477 e. The molecule has 2 aliphatic rings. The van der Waals surface area contributed by atoms with Crippen molar-refractivity contribution < 1.29 is 19.8 Å². The Morgan fingerprint density at radius 2 is 1.95 bits per heavy atom. The molecule has 2 fully saturated rings. The first-order valence-electron chi connectivity index (χ1n) is 6.35. The number of carbonyl (C=O) groups is 2. The summed E-state index contributed by atoms with van der Waals surface area (Å²) in [4.78, 5) is 31.5. The summed E-state index contributed by atoms with van der Waals surface area (Å²) in [5, 5.41) is 18.7. The van der Waals surface area contributed by atoms with E-state index in [4.69, 9.17) is 5.11 Å². The summed E-state index contributed by atoms with van der Waals surface area (Å²) in [6.45, 7) is 0. The number of aromatic carboxylic acids is 1. The number of fused-ring (bicyclic) bond motifs is 2. The van der Waals surface area contributed by atoms with E-state index in [9.17, 15) is 14.7 Å². The van der Waals surface area contributed by atoms with Gasteiger partial charge in [0, 0.05) is 12.1 Å². The molecule has 7 heteroatoms. The van der Waals surface area contributed by atoms with E-state index in [0.717, 1.165) is 12.8 Å². The van der Waals surface area contributed by atoms with Crippen molar-refractivity contribution in [3.8, 4) is 0 Å². The zero-order valence-corrected chi connectivity index (χ0v) is 10.2. The first-order valence-corrected chi connectivity index (χ1v) is 6.35. The van der Waals surface area contributed by atoms with Gasteiger partial charge in [0.2, 0.25) is 0 Å². The number of piperidine rings is 1. The predicted octanol–water partition coefficient (Wildman–Crippen LogP) is 0.236. The van der Waals surface area contributed by atoms with E-state index < -0.39 is 5.97 Å². The highest BCUT2D eigenvalue weighted by molar-refractivity contribution is 6.02. The molecule has 2 aliphatic heterocycles. The van der Waals surface area contributed by atoms with Gasteiger partial charge in [-0.05, 0) is 25.7 Å². The fourth-order valence-corrected chi connectivity index (χ4v) is 3.22. The molecule has 102 valence electrons. The molecule has 1 amide bonds. The van der Waals surface area contributed by atoms with Gasteiger partial charge in [-0.2, -0.15) is 0 Å². The summed E-state index contributed by atoms with van der Waals surface area (Å²) in [5.74, 6) is -1.54. The first kappa shape index (κ1) is 12.2. The minimum absolute atomic E-state index is 0.000375. The summed E-state index contributed by atoms with van der Waals surface area (Å²) in [5.41, 5.74) is -0.212. The van der Waals surface area contributed by atoms with Crippen LogP contribution in [0.4, 0.5) is 0 Å². The molecule has 2 bridgehead atoms. The number of hydrogen-bond donors (Lipinski definition) is 3. The van der Waals surface area contributed by atoms with Gasteiger partial charge >= 0.3 is 5.97 Å². The predicted molar refractivity (Wildman–Crippen MR) is 63.8 cm³/mol. The molecule has 1 aromatic rings. The molecule has 7 nitrogen and oxygen atoms in total. The molecule has 2 unspecified atom stereocenters. The number of aliphatic hydroxyl groups excluding tert-OH is 1. The third-order valence-electron chi connectivity index (χ3n) is 4.00. The summed E-state index contributed by atoms with van der Waals surface area (Å²) >= 11 is 0. The van der Waals surface area contributed by atoms with Crippen LogP contribution < -0.4 is 0 Å². The molecule has 2 atom stereocenters. The van der Waals surface area contributed by atoms with E-state index in [1.165, 1.54) is 6.33 Å². The van der Waals surface area contributed by atoms with Crippen LogP contribution in [0.15, 0.2) is 6.33 Å². The van der Waals surface area contributed by atoms with Crippen LogP contribution in [-0.2, 0) is 0 Å². The molecule has 0 aliphatic carbocycles. The topological polar surface area (TPSA) is 107 Å². The number of carboxylic acids is 1. The fourth-order valence-electron chi connectivity index (χ4n) is 3.22. The third kappa shape index (κ3) is 1.90. The number of imidazole rings is 1. The molecular formula is C12H15N3O4. The fraction of sp³-hybridized carbons (Fsp3) is 0.583. The Hall–Kier alpha value is -1.89. The van der Waals surface area contributed by atoms with Crippen molar-refractivity contribution in [2.24, 2.45) is 0 Å². The van der Waals surface area contributed by atoms with Crippen LogP contribution in [0.5, 0.6) is 0 Å². The van der Waals surface area contributed by atoms with Gasteiger partial charge < -0.3 is 20.1 Å². The maximum absolute atomic E-state index is 12.5. The van der Waals surface area contributed by atoms with Crippen molar-refractivity contribution in [1.82, 2.24) is 14.9 Å². The molecule has 2 saturated heterocycles. The number of aliphatic hydroxyl groups is 1. The maximum atomic E-state index is 12.5. The van der Waals surface area contributed by atoms with E-state index in [1.807, 2.05) is 0 Å². The quantitative estimate of drug-likeness (QED) is 0.710. The second-order valence-corrected chi connectivity index (χ2v) is 5.15. The number of carboxylic acid groups (broad SMARTS) is 1. The first-order chi connectivity index (χ1) is 9.08. The molecule has 0 radical (unpaired) electrons. The van der Waals surface area contributed by atoms with Crippen molar-refractivity contribution in [2.75, 3.05) is 0 Å². The summed E-state index contributed by atoms with van der Waals surface area (Å²) in [6.07, 6.45) is 3.71. The number of nitrogens with zero attached hydrogens (tertiary/aromatic N) is 2. The van der Waals surface area contributed by atoms with Crippen LogP contribution >= 0.6 is 0 Å². The normalized spacial score (nSPS) is 29.5. The monoisotopic (exact) mass is 265 g/mol. The van der Waals surface area contributed by atoms with Gasteiger partial charge in [0.15, 0.2) is 11.4 Å². The Morgan fingerprint density at radius 3 is 2.53 bits per heavy atom. The lowest BCUT2D eigenvalue weighted by molar-refractivity contribution is 0.0279. The summed E-state index contributed by atoms with van der Waals surface area (Å²) < 4.78 is 0. The Bertz CT molecular complexity index is 513. The highest BCUT2D eigenvalue weighted by Gasteiger charge is 2.44. The zero-order chi connectivity index (χ0) is 13.6. The van der Waals surface area contributed by atoms with E-state index in [-0.39, 0.29) is 35.5 Å². The summed E-state index contributed by atoms with van der Waals surface area (Å²) in [7, 11) is 0. The molecule has 19 heavy (non-hydrogen) atoms. The second-order valence-electron chi connectivity index (χ2n) is 5.15. The molecule has 0 saturated carbocycles. The number of carbonyl (C=O) groups excluding carboxylic acids is 1. The van der Waals surface area contributed by atoms with Crippen LogP contribution in [0.2, 0.25) is 0 Å². The molecule has 0 aromatic carbocycles. The molecular weight excluding hydrogens is 250 g/mol. The SMILES string of the molecule is O=C(O)c1[nH]cnc1C(=O)N1C2CCC1CC(O)C2. The molecule has 1 aromatic heterocycles. The van der Waals surface area contributed by atoms with Gasteiger partial charge in [-0.1, -0.05) is 0 Å². The number of rotatable bonds is 2. The Kier molecular flexibility index (Phi) is 2.78.